The summed E-state index contributed by atoms with van der Waals surface area (Å²) in [6.45, 7) is 0. The SMILES string of the molecule is CN1C2=CC(=O)/C(=N\N(N=O)C(N)=O)C=C2C[C@@H]1S(=O)(=O)O. The third-order valence-electron chi connectivity index (χ3n) is 3.19. The van der Waals surface area contributed by atoms with E-state index in [4.69, 9.17) is 10.3 Å². The van der Waals surface area contributed by atoms with Gasteiger partial charge in [0.15, 0.2) is 5.37 Å². The predicted molar refractivity (Wildman–Crippen MR) is 73.5 cm³/mol. The van der Waals surface area contributed by atoms with Gasteiger partial charge in [-0.05, 0) is 11.6 Å². The van der Waals surface area contributed by atoms with Crippen molar-refractivity contribution in [2.45, 2.75) is 11.8 Å². The zero-order chi connectivity index (χ0) is 16.7. The molecule has 12 heteroatoms. The van der Waals surface area contributed by atoms with E-state index in [0.29, 0.717) is 11.3 Å². The maximum absolute atomic E-state index is 11.9. The molecule has 1 saturated heterocycles. The highest BCUT2D eigenvalue weighted by molar-refractivity contribution is 7.86. The molecular weight excluding hydrogens is 318 g/mol. The van der Waals surface area contributed by atoms with Gasteiger partial charge in [-0.3, -0.25) is 9.35 Å². The topological polar surface area (TPSA) is 163 Å². The number of allylic oxidation sites excluding steroid dienone is 3. The summed E-state index contributed by atoms with van der Waals surface area (Å²) in [7, 11) is -2.94. The van der Waals surface area contributed by atoms with Crippen molar-refractivity contribution < 1.29 is 22.6 Å². The molecule has 0 saturated carbocycles. The van der Waals surface area contributed by atoms with Crippen molar-refractivity contribution in [3.8, 4) is 0 Å². The summed E-state index contributed by atoms with van der Waals surface area (Å²) in [5, 5.41) is 4.42. The second kappa shape index (κ2) is 5.31. The molecule has 1 heterocycles. The van der Waals surface area contributed by atoms with Crippen LogP contribution in [0.3, 0.4) is 0 Å². The molecule has 22 heavy (non-hydrogen) atoms. The van der Waals surface area contributed by atoms with Crippen molar-refractivity contribution in [3.05, 3.63) is 28.3 Å². The average molecular weight is 329 g/mol. The van der Waals surface area contributed by atoms with Crippen LogP contribution in [0.4, 0.5) is 4.79 Å². The molecule has 0 aromatic carbocycles. The smallest absolute Gasteiger partial charge is 0.356 e. The summed E-state index contributed by atoms with van der Waals surface area (Å²) < 4.78 is 31.7. The lowest BCUT2D eigenvalue weighted by Crippen LogP contribution is -2.32. The molecule has 1 fully saturated rings. The van der Waals surface area contributed by atoms with Gasteiger partial charge in [-0.1, -0.05) is 5.12 Å². The molecule has 1 aliphatic heterocycles. The molecule has 0 spiro atoms. The fourth-order valence-corrected chi connectivity index (χ4v) is 3.07. The van der Waals surface area contributed by atoms with Gasteiger partial charge >= 0.3 is 6.03 Å². The molecule has 0 radical (unpaired) electrons. The molecule has 2 rings (SSSR count). The van der Waals surface area contributed by atoms with Crippen LogP contribution in [0.25, 0.3) is 0 Å². The number of carbonyl (C=O) groups excluding carboxylic acids is 2. The molecule has 0 aromatic rings. The Hall–Kier alpha value is -2.60. The van der Waals surface area contributed by atoms with Crippen molar-refractivity contribution in [1.29, 1.82) is 0 Å². The number of fused-ring (bicyclic) bond motifs is 1. The van der Waals surface area contributed by atoms with Crippen LogP contribution in [0, 0.1) is 4.91 Å². The Morgan fingerprint density at radius 2 is 2.14 bits per heavy atom. The van der Waals surface area contributed by atoms with Gasteiger partial charge in [-0.2, -0.15) is 8.42 Å². The lowest BCUT2D eigenvalue weighted by atomic mass is 10.0. The van der Waals surface area contributed by atoms with Gasteiger partial charge in [0.1, 0.15) is 5.71 Å². The minimum atomic E-state index is -4.35. The number of primary amides is 1. The molecule has 0 unspecified atom stereocenters. The number of urea groups is 1. The Morgan fingerprint density at radius 1 is 1.50 bits per heavy atom. The Labute approximate surface area is 124 Å². The monoisotopic (exact) mass is 329 g/mol. The van der Waals surface area contributed by atoms with E-state index in [2.05, 4.69) is 10.4 Å². The summed E-state index contributed by atoms with van der Waals surface area (Å²) in [6.07, 6.45) is 2.21. The van der Waals surface area contributed by atoms with E-state index in [-0.39, 0.29) is 17.3 Å². The lowest BCUT2D eigenvalue weighted by molar-refractivity contribution is -0.109. The van der Waals surface area contributed by atoms with E-state index in [0.717, 1.165) is 6.08 Å². The lowest BCUT2D eigenvalue weighted by Gasteiger charge is -2.20. The Balaban J connectivity index is 2.41. The van der Waals surface area contributed by atoms with Crippen molar-refractivity contribution >= 4 is 27.6 Å². The first-order valence-electron chi connectivity index (χ1n) is 5.82. The quantitative estimate of drug-likeness (QED) is 0.300. The van der Waals surface area contributed by atoms with E-state index in [1.165, 1.54) is 18.0 Å². The summed E-state index contributed by atoms with van der Waals surface area (Å²) in [5.41, 5.74) is 5.24. The van der Waals surface area contributed by atoms with Gasteiger partial charge in [0, 0.05) is 25.2 Å². The van der Waals surface area contributed by atoms with E-state index in [9.17, 15) is 22.9 Å². The number of likely N-dealkylation sites (tertiary alicyclic amines) is 1. The van der Waals surface area contributed by atoms with Crippen molar-refractivity contribution in [2.75, 3.05) is 7.05 Å². The molecule has 1 atom stereocenters. The van der Waals surface area contributed by atoms with E-state index in [1.807, 2.05) is 0 Å². The maximum atomic E-state index is 11.9. The van der Waals surface area contributed by atoms with Gasteiger partial charge in [0.2, 0.25) is 5.78 Å². The highest BCUT2D eigenvalue weighted by Gasteiger charge is 2.40. The number of ketones is 1. The molecule has 118 valence electrons. The summed E-state index contributed by atoms with van der Waals surface area (Å²) in [4.78, 5) is 34.4. The molecule has 11 nitrogen and oxygen atoms in total. The highest BCUT2D eigenvalue weighted by atomic mass is 32.2. The summed E-state index contributed by atoms with van der Waals surface area (Å²) in [6, 6.07) is -1.28. The number of nitroso groups, excluding NO2 is 1. The number of rotatable bonds is 3. The van der Waals surface area contributed by atoms with Crippen LogP contribution in [-0.2, 0) is 14.9 Å². The largest absolute Gasteiger partial charge is 0.359 e. The van der Waals surface area contributed by atoms with Gasteiger partial charge in [-0.25, -0.2) is 4.79 Å². The maximum Gasteiger partial charge on any atom is 0.359 e. The molecule has 2 aliphatic rings. The first-order chi connectivity index (χ1) is 10.1. The third kappa shape index (κ3) is 2.73. The number of nitrogens with two attached hydrogens (primary N) is 1. The summed E-state index contributed by atoms with van der Waals surface area (Å²) >= 11 is 0. The van der Waals surface area contributed by atoms with E-state index < -0.39 is 27.3 Å². The zero-order valence-electron chi connectivity index (χ0n) is 11.2. The van der Waals surface area contributed by atoms with Crippen molar-refractivity contribution in [1.82, 2.24) is 10.0 Å². The Bertz CT molecular complexity index is 752. The van der Waals surface area contributed by atoms with Gasteiger partial charge in [0.25, 0.3) is 10.1 Å². The predicted octanol–water partition coefficient (Wildman–Crippen LogP) is -0.653. The van der Waals surface area contributed by atoms with Crippen LogP contribution in [0.5, 0.6) is 0 Å². The number of hydrazone groups is 1. The fraction of sp³-hybridized carbons (Fsp3) is 0.300. The van der Waals surface area contributed by atoms with Crippen LogP contribution in [-0.4, -0.2) is 52.9 Å². The first kappa shape index (κ1) is 15.8. The number of hydrogen-bond donors (Lipinski definition) is 2. The van der Waals surface area contributed by atoms with Gasteiger partial charge < -0.3 is 10.6 Å². The van der Waals surface area contributed by atoms with Crippen LogP contribution in [0.2, 0.25) is 0 Å². The van der Waals surface area contributed by atoms with Crippen LogP contribution >= 0.6 is 0 Å². The number of likely N-dealkylation sites (N-methyl/N-ethyl adjacent to an activating group) is 1. The summed E-state index contributed by atoms with van der Waals surface area (Å²) in [5.74, 6) is -0.670. The Kier molecular flexibility index (Phi) is 3.81. The second-order valence-corrected chi connectivity index (χ2v) is 6.12. The highest BCUT2D eigenvalue weighted by Crippen LogP contribution is 2.35. The standard InChI is InChI=1S/C10H11N5O6S/c1-14-7-4-8(16)6(12-15(13-18)10(11)17)2-5(7)3-9(14)22(19,20)21/h2,4,9H,3H2,1H3,(H2,11,17)(H,19,20,21)/b12-6-/t9-/m0/s1. The Morgan fingerprint density at radius 3 is 2.64 bits per heavy atom. The average Bonchev–Trinajstić information content (AvgIpc) is 2.72. The van der Waals surface area contributed by atoms with Gasteiger partial charge in [0.05, 0.1) is 5.29 Å². The van der Waals surface area contributed by atoms with Crippen molar-refractivity contribution in [2.24, 2.45) is 16.1 Å². The molecular formula is C10H11N5O6S. The van der Waals surface area contributed by atoms with Crippen LogP contribution in [0.15, 0.2) is 33.8 Å². The van der Waals surface area contributed by atoms with Crippen molar-refractivity contribution in [3.63, 3.8) is 0 Å². The second-order valence-electron chi connectivity index (χ2n) is 4.54. The van der Waals surface area contributed by atoms with E-state index in [1.54, 1.807) is 0 Å². The van der Waals surface area contributed by atoms with Crippen LogP contribution in [0.1, 0.15) is 6.42 Å². The minimum absolute atomic E-state index is 0.00204. The number of hydrogen-bond acceptors (Lipinski definition) is 8. The molecule has 0 bridgehead atoms. The van der Waals surface area contributed by atoms with Crippen LogP contribution < -0.4 is 5.73 Å². The molecule has 0 aromatic heterocycles. The number of nitrogens with zero attached hydrogens (tertiary/aromatic N) is 4. The molecule has 1 aliphatic carbocycles. The van der Waals surface area contributed by atoms with Gasteiger partial charge in [-0.15, -0.1) is 10.0 Å². The number of carbonyl (C=O) groups is 2. The zero-order valence-corrected chi connectivity index (χ0v) is 12.0. The fourth-order valence-electron chi connectivity index (χ4n) is 2.17. The molecule has 2 amide bonds. The molecule has 3 N–H and O–H groups in total. The number of amides is 2. The first-order valence-corrected chi connectivity index (χ1v) is 7.33. The minimum Gasteiger partial charge on any atom is -0.356 e. The third-order valence-corrected chi connectivity index (χ3v) is 4.36. The van der Waals surface area contributed by atoms with E-state index >= 15 is 0 Å². The normalized spacial score (nSPS) is 23.0.